The summed E-state index contributed by atoms with van der Waals surface area (Å²) in [5, 5.41) is 13.8. The predicted molar refractivity (Wildman–Crippen MR) is 157 cm³/mol. The van der Waals surface area contributed by atoms with E-state index in [0.717, 1.165) is 24.2 Å². The van der Waals surface area contributed by atoms with Crippen LogP contribution in [0.1, 0.15) is 62.0 Å². The van der Waals surface area contributed by atoms with Gasteiger partial charge in [-0.15, -0.1) is 0 Å². The topological polar surface area (TPSA) is 74.3 Å². The van der Waals surface area contributed by atoms with Crippen LogP contribution >= 0.6 is 11.6 Å². The molecule has 6 nitrogen and oxygen atoms in total. The van der Waals surface area contributed by atoms with Gasteiger partial charge in [-0.2, -0.15) is 10.2 Å². The fraction of sp³-hybridized carbons (Fsp3) is 0.312. The van der Waals surface area contributed by atoms with Crippen molar-refractivity contribution in [3.63, 3.8) is 0 Å². The zero-order chi connectivity index (χ0) is 27.8. The lowest BCUT2D eigenvalue weighted by atomic mass is 9.98. The number of hydrogen-bond acceptors (Lipinski definition) is 6. The van der Waals surface area contributed by atoms with E-state index in [-0.39, 0.29) is 11.7 Å². The molecule has 0 aliphatic carbocycles. The minimum atomic E-state index is 0.121. The second-order valence-corrected chi connectivity index (χ2v) is 10.1. The van der Waals surface area contributed by atoms with E-state index in [1.807, 2.05) is 48.5 Å². The first-order valence-corrected chi connectivity index (χ1v) is 13.8. The molecule has 202 valence electrons. The number of nitriles is 1. The van der Waals surface area contributed by atoms with E-state index in [9.17, 15) is 5.26 Å². The molecule has 0 fully saturated rings. The normalized spacial score (nSPS) is 11.9. The Bertz CT molecular complexity index is 1390. The van der Waals surface area contributed by atoms with Crippen LogP contribution in [-0.4, -0.2) is 29.5 Å². The van der Waals surface area contributed by atoms with Crippen molar-refractivity contribution in [3.05, 3.63) is 100 Å². The first-order valence-electron chi connectivity index (χ1n) is 13.4. The fourth-order valence-corrected chi connectivity index (χ4v) is 4.71. The van der Waals surface area contributed by atoms with E-state index in [1.54, 1.807) is 0 Å². The third kappa shape index (κ3) is 7.00. The van der Waals surface area contributed by atoms with Crippen molar-refractivity contribution in [3.8, 4) is 23.3 Å². The monoisotopic (exact) mass is 542 g/mol. The summed E-state index contributed by atoms with van der Waals surface area (Å²) in [6, 6.07) is 26.1. The summed E-state index contributed by atoms with van der Waals surface area (Å²) in [4.78, 5) is 6.83. The van der Waals surface area contributed by atoms with Gasteiger partial charge in [0, 0.05) is 22.7 Å². The molecular weight excluding hydrogens is 508 g/mol. The zero-order valence-electron chi connectivity index (χ0n) is 22.9. The third-order valence-electron chi connectivity index (χ3n) is 6.88. The Labute approximate surface area is 236 Å². The molecule has 0 unspecified atom stereocenters. The molecule has 1 aromatic heterocycles. The Morgan fingerprint density at radius 1 is 0.974 bits per heavy atom. The highest BCUT2D eigenvalue weighted by atomic mass is 35.5. The molecule has 0 aliphatic rings. The van der Waals surface area contributed by atoms with Gasteiger partial charge in [-0.1, -0.05) is 81.8 Å². The second-order valence-electron chi connectivity index (χ2n) is 9.65. The van der Waals surface area contributed by atoms with Crippen LogP contribution < -0.4 is 10.1 Å². The maximum atomic E-state index is 9.74. The van der Waals surface area contributed by atoms with Gasteiger partial charge in [0.1, 0.15) is 18.4 Å². The number of halogens is 1. The van der Waals surface area contributed by atoms with Crippen molar-refractivity contribution >= 4 is 17.5 Å². The molecule has 0 amide bonds. The van der Waals surface area contributed by atoms with Gasteiger partial charge in [-0.3, -0.25) is 4.90 Å². The fourth-order valence-electron chi connectivity index (χ4n) is 4.52. The summed E-state index contributed by atoms with van der Waals surface area (Å²) in [7, 11) is 0. The summed E-state index contributed by atoms with van der Waals surface area (Å²) in [5.74, 6) is 1.95. The molecule has 1 N–H and O–H groups in total. The molecule has 39 heavy (non-hydrogen) atoms. The molecule has 7 heteroatoms. The molecule has 4 aromatic rings. The average Bonchev–Trinajstić information content (AvgIpc) is 3.38. The van der Waals surface area contributed by atoms with Crippen molar-refractivity contribution in [2.24, 2.45) is 0 Å². The van der Waals surface area contributed by atoms with Crippen molar-refractivity contribution in [1.29, 1.82) is 5.26 Å². The Morgan fingerprint density at radius 3 is 2.26 bits per heavy atom. The number of oxazole rings is 1. The van der Waals surface area contributed by atoms with Crippen LogP contribution in [0.2, 0.25) is 5.02 Å². The van der Waals surface area contributed by atoms with Crippen LogP contribution in [0.25, 0.3) is 11.5 Å². The lowest BCUT2D eigenvalue weighted by molar-refractivity contribution is 0.227. The highest BCUT2D eigenvalue weighted by Gasteiger charge is 2.21. The standard InChI is InChI=1S/C32H35ClN4O2/c1-5-37(6-2)30(24-13-11-23(12-14-24)22(3)4)20-35-32-29(19-34)36-31(39-32)25-15-17-27(18-16-25)38-21-26-9-7-8-10-28(26)33/h7-18,22,30,35H,5-6,20-21H2,1-4H3/t30-/m0/s1. The number of nitrogens with one attached hydrogen (secondary N) is 1. The molecular formula is C32H35ClN4O2. The Kier molecular flexibility index (Phi) is 9.64. The quantitative estimate of drug-likeness (QED) is 0.195. The molecule has 0 saturated carbocycles. The summed E-state index contributed by atoms with van der Waals surface area (Å²) in [6.07, 6.45) is 0. The first-order chi connectivity index (χ1) is 18.9. The number of aromatic nitrogens is 1. The molecule has 1 atom stereocenters. The van der Waals surface area contributed by atoms with Crippen molar-refractivity contribution < 1.29 is 9.15 Å². The van der Waals surface area contributed by atoms with E-state index in [0.29, 0.717) is 41.6 Å². The van der Waals surface area contributed by atoms with Crippen LogP contribution in [0.5, 0.6) is 5.75 Å². The number of benzene rings is 3. The molecule has 3 aromatic carbocycles. The lowest BCUT2D eigenvalue weighted by Crippen LogP contribution is -2.33. The maximum Gasteiger partial charge on any atom is 0.232 e. The number of ether oxygens (including phenoxy) is 1. The smallest absolute Gasteiger partial charge is 0.232 e. The zero-order valence-corrected chi connectivity index (χ0v) is 23.7. The van der Waals surface area contributed by atoms with E-state index in [1.165, 1.54) is 11.1 Å². The average molecular weight is 543 g/mol. The van der Waals surface area contributed by atoms with Gasteiger partial charge < -0.3 is 14.5 Å². The minimum Gasteiger partial charge on any atom is -0.489 e. The van der Waals surface area contributed by atoms with Gasteiger partial charge in [0.05, 0.1) is 6.04 Å². The molecule has 0 radical (unpaired) electrons. The minimum absolute atomic E-state index is 0.121. The Hall–Kier alpha value is -3.79. The number of anilines is 1. The molecule has 0 spiro atoms. The van der Waals surface area contributed by atoms with Crippen LogP contribution in [0, 0.1) is 11.3 Å². The summed E-state index contributed by atoms with van der Waals surface area (Å²) in [6.45, 7) is 11.5. The van der Waals surface area contributed by atoms with Crippen LogP contribution in [0.15, 0.2) is 77.2 Å². The van der Waals surface area contributed by atoms with Crippen molar-refractivity contribution in [1.82, 2.24) is 9.88 Å². The van der Waals surface area contributed by atoms with Gasteiger partial charge in [-0.05, 0) is 60.5 Å². The van der Waals surface area contributed by atoms with Crippen LogP contribution in [0.4, 0.5) is 5.88 Å². The SMILES string of the molecule is CCN(CC)[C@@H](CNc1oc(-c2ccc(OCc3ccccc3Cl)cc2)nc1C#N)c1ccc(C(C)C)cc1. The Balaban J connectivity index is 1.47. The number of likely N-dealkylation sites (N-methyl/N-ethyl adjacent to an activating group) is 1. The maximum absolute atomic E-state index is 9.74. The lowest BCUT2D eigenvalue weighted by Gasteiger charge is -2.30. The van der Waals surface area contributed by atoms with E-state index in [4.69, 9.17) is 20.8 Å². The van der Waals surface area contributed by atoms with Crippen molar-refractivity contribution in [2.45, 2.75) is 46.3 Å². The highest BCUT2D eigenvalue weighted by molar-refractivity contribution is 6.31. The predicted octanol–water partition coefficient (Wildman–Crippen LogP) is 8.06. The van der Waals surface area contributed by atoms with Gasteiger partial charge in [0.15, 0.2) is 0 Å². The van der Waals surface area contributed by atoms with E-state index in [2.05, 4.69) is 73.2 Å². The van der Waals surface area contributed by atoms with E-state index < -0.39 is 0 Å². The van der Waals surface area contributed by atoms with Gasteiger partial charge in [-0.25, -0.2) is 0 Å². The molecule has 4 rings (SSSR count). The van der Waals surface area contributed by atoms with Gasteiger partial charge >= 0.3 is 0 Å². The first kappa shape index (κ1) is 28.2. The Morgan fingerprint density at radius 2 is 1.64 bits per heavy atom. The largest absolute Gasteiger partial charge is 0.489 e. The van der Waals surface area contributed by atoms with Crippen molar-refractivity contribution in [2.75, 3.05) is 25.0 Å². The highest BCUT2D eigenvalue weighted by Crippen LogP contribution is 2.29. The molecule has 0 bridgehead atoms. The second kappa shape index (κ2) is 13.3. The summed E-state index contributed by atoms with van der Waals surface area (Å²) >= 11 is 6.22. The number of rotatable bonds is 12. The summed E-state index contributed by atoms with van der Waals surface area (Å²) < 4.78 is 11.9. The third-order valence-corrected chi connectivity index (χ3v) is 7.25. The molecule has 0 saturated heterocycles. The number of nitrogens with zero attached hydrogens (tertiary/aromatic N) is 3. The molecule has 0 aliphatic heterocycles. The summed E-state index contributed by atoms with van der Waals surface area (Å²) in [5.41, 5.74) is 4.45. The van der Waals surface area contributed by atoms with E-state index >= 15 is 0 Å². The van der Waals surface area contributed by atoms with Gasteiger partial charge in [0.2, 0.25) is 17.5 Å². The van der Waals surface area contributed by atoms with Crippen LogP contribution in [0.3, 0.4) is 0 Å². The molecule has 1 heterocycles. The number of hydrogen-bond donors (Lipinski definition) is 1. The van der Waals surface area contributed by atoms with Crippen LogP contribution in [-0.2, 0) is 6.61 Å². The van der Waals surface area contributed by atoms with Gasteiger partial charge in [0.25, 0.3) is 0 Å².